The van der Waals surface area contributed by atoms with E-state index in [1.807, 2.05) is 138 Å². The quantitative estimate of drug-likeness (QED) is 0.151. The number of phenols is 1. The van der Waals surface area contributed by atoms with Crippen LogP contribution in [0, 0.1) is 0 Å². The average Bonchev–Trinajstić information content (AvgIpc) is 4.04. The van der Waals surface area contributed by atoms with Crippen molar-refractivity contribution in [1.29, 1.82) is 0 Å². The molecular formula is C43H28Cl2N6O2S2. The number of aromatic nitrogens is 6. The van der Waals surface area contributed by atoms with Gasteiger partial charge in [0.1, 0.15) is 5.75 Å². The lowest BCUT2D eigenvalue weighted by Gasteiger charge is -2.18. The van der Waals surface area contributed by atoms with Gasteiger partial charge in [0.2, 0.25) is 10.3 Å². The number of aromatic hydroxyl groups is 1. The number of rotatable bonds is 9. The SMILES string of the molecule is O=c1c([C@H](c2ccc(O)cc2)c2cn(-c3nc(-c4ccc(Cl)cc4)cs3)nc2-c2ccccc2)c(-c2ccccc2)[nH]n1-c1nc(-c2ccc(Cl)cc2)cs1. The number of hydrogen-bond acceptors (Lipinski definition) is 7. The summed E-state index contributed by atoms with van der Waals surface area (Å²) in [7, 11) is 0. The van der Waals surface area contributed by atoms with Crippen LogP contribution in [-0.4, -0.2) is 34.6 Å². The molecule has 4 aromatic heterocycles. The zero-order chi connectivity index (χ0) is 37.5. The molecule has 2 N–H and O–H groups in total. The Hall–Kier alpha value is -6.04. The second kappa shape index (κ2) is 14.7. The maximum absolute atomic E-state index is 15.1. The highest BCUT2D eigenvalue weighted by atomic mass is 35.5. The summed E-state index contributed by atoms with van der Waals surface area (Å²) in [5.41, 5.74) is 8.18. The fourth-order valence-electron chi connectivity index (χ4n) is 6.61. The van der Waals surface area contributed by atoms with Crippen molar-refractivity contribution in [3.8, 4) is 61.0 Å². The number of hydrogen-bond donors (Lipinski definition) is 2. The van der Waals surface area contributed by atoms with Crippen LogP contribution in [-0.2, 0) is 0 Å². The van der Waals surface area contributed by atoms with Crippen molar-refractivity contribution in [3.63, 3.8) is 0 Å². The Morgan fingerprint density at radius 1 is 0.636 bits per heavy atom. The molecule has 0 amide bonds. The third kappa shape index (κ3) is 6.81. The fraction of sp³-hybridized carbons (Fsp3) is 0.0233. The summed E-state index contributed by atoms with van der Waals surface area (Å²) in [4.78, 5) is 25.0. The van der Waals surface area contributed by atoms with Crippen LogP contribution >= 0.6 is 45.9 Å². The zero-order valence-corrected chi connectivity index (χ0v) is 31.8. The minimum atomic E-state index is -0.642. The lowest BCUT2D eigenvalue weighted by atomic mass is 9.83. The van der Waals surface area contributed by atoms with E-state index < -0.39 is 5.92 Å². The van der Waals surface area contributed by atoms with Gasteiger partial charge in [-0.1, -0.05) is 120 Å². The van der Waals surface area contributed by atoms with Crippen molar-refractivity contribution in [2.24, 2.45) is 0 Å². The molecule has 5 aromatic carbocycles. The van der Waals surface area contributed by atoms with E-state index in [1.165, 1.54) is 27.4 Å². The third-order valence-electron chi connectivity index (χ3n) is 9.26. The molecule has 9 rings (SSSR count). The van der Waals surface area contributed by atoms with Gasteiger partial charge in [-0.05, 0) is 47.5 Å². The van der Waals surface area contributed by atoms with E-state index in [0.717, 1.165) is 44.8 Å². The third-order valence-corrected chi connectivity index (χ3v) is 11.4. The molecule has 0 aliphatic rings. The van der Waals surface area contributed by atoms with Gasteiger partial charge < -0.3 is 5.11 Å². The smallest absolute Gasteiger partial charge is 0.278 e. The van der Waals surface area contributed by atoms with Gasteiger partial charge in [-0.3, -0.25) is 9.89 Å². The Balaban J connectivity index is 1.26. The molecule has 0 saturated carbocycles. The number of benzene rings is 5. The predicted molar refractivity (Wildman–Crippen MR) is 222 cm³/mol. The van der Waals surface area contributed by atoms with E-state index in [0.29, 0.717) is 37.3 Å². The number of aromatic amines is 1. The first-order valence-electron chi connectivity index (χ1n) is 17.2. The minimum Gasteiger partial charge on any atom is -0.508 e. The fourth-order valence-corrected chi connectivity index (χ4v) is 8.41. The summed E-state index contributed by atoms with van der Waals surface area (Å²) in [6, 6.07) is 41.7. The summed E-state index contributed by atoms with van der Waals surface area (Å²) in [6.07, 6.45) is 1.96. The Bertz CT molecular complexity index is 2810. The number of phenolic OH excluding ortho intramolecular Hbond substituents is 1. The van der Waals surface area contributed by atoms with Crippen molar-refractivity contribution < 1.29 is 5.11 Å². The van der Waals surface area contributed by atoms with Crippen LogP contribution in [0.15, 0.2) is 155 Å². The molecule has 0 radical (unpaired) electrons. The van der Waals surface area contributed by atoms with Crippen molar-refractivity contribution >= 4 is 45.9 Å². The molecule has 0 unspecified atom stereocenters. The normalized spacial score (nSPS) is 11.9. The molecule has 9 aromatic rings. The number of nitrogens with zero attached hydrogens (tertiary/aromatic N) is 5. The van der Waals surface area contributed by atoms with Crippen LogP contribution in [0.5, 0.6) is 5.75 Å². The summed E-state index contributed by atoms with van der Waals surface area (Å²) in [5, 5.41) is 25.4. The second-order valence-electron chi connectivity index (χ2n) is 12.7. The number of H-pyrrole nitrogens is 1. The van der Waals surface area contributed by atoms with Gasteiger partial charge in [0.15, 0.2) is 0 Å². The Labute approximate surface area is 333 Å². The summed E-state index contributed by atoms with van der Waals surface area (Å²) in [6.45, 7) is 0. The van der Waals surface area contributed by atoms with Crippen LogP contribution in [0.1, 0.15) is 22.6 Å². The van der Waals surface area contributed by atoms with E-state index in [9.17, 15) is 5.11 Å². The van der Waals surface area contributed by atoms with E-state index >= 15 is 4.79 Å². The molecule has 0 saturated heterocycles. The largest absolute Gasteiger partial charge is 0.508 e. The highest BCUT2D eigenvalue weighted by Gasteiger charge is 2.32. The Morgan fingerprint density at radius 3 is 1.78 bits per heavy atom. The second-order valence-corrected chi connectivity index (χ2v) is 15.3. The van der Waals surface area contributed by atoms with Gasteiger partial charge in [-0.15, -0.1) is 22.7 Å². The van der Waals surface area contributed by atoms with Crippen molar-refractivity contribution in [2.75, 3.05) is 0 Å². The summed E-state index contributed by atoms with van der Waals surface area (Å²) >= 11 is 15.2. The molecule has 0 aliphatic heterocycles. The van der Waals surface area contributed by atoms with Gasteiger partial charge in [-0.25, -0.2) is 14.6 Å². The predicted octanol–water partition coefficient (Wildman–Crippen LogP) is 11.1. The van der Waals surface area contributed by atoms with Crippen molar-refractivity contribution in [3.05, 3.63) is 188 Å². The minimum absolute atomic E-state index is 0.117. The Kier molecular flexibility index (Phi) is 9.25. The first-order valence-corrected chi connectivity index (χ1v) is 19.7. The van der Waals surface area contributed by atoms with E-state index in [2.05, 4.69) is 5.10 Å². The van der Waals surface area contributed by atoms with Crippen LogP contribution in [0.3, 0.4) is 0 Å². The first kappa shape index (κ1) is 34.7. The van der Waals surface area contributed by atoms with E-state index in [1.54, 1.807) is 16.8 Å². The standard InChI is InChI=1S/C43H28Cl2N6O2S2/c44-31-17-11-26(12-18-31)35-24-54-42(46-35)50-23-34(39(48-50)29-7-3-1-4-8-29)37(28-15-21-33(52)22-16-28)38-40(30-9-5-2-6-10-30)49-51(41(38)53)43-47-36(25-55-43)27-13-19-32(45)20-14-27/h1-25,37,49,52H/t37-/m1/s1. The van der Waals surface area contributed by atoms with Crippen molar-refractivity contribution in [1.82, 2.24) is 29.5 Å². The van der Waals surface area contributed by atoms with Gasteiger partial charge >= 0.3 is 0 Å². The summed E-state index contributed by atoms with van der Waals surface area (Å²) < 4.78 is 3.29. The maximum atomic E-state index is 15.1. The van der Waals surface area contributed by atoms with Crippen molar-refractivity contribution in [2.45, 2.75) is 5.92 Å². The van der Waals surface area contributed by atoms with Crippen LogP contribution < -0.4 is 5.56 Å². The van der Waals surface area contributed by atoms with Crippen LogP contribution in [0.4, 0.5) is 0 Å². The topological polar surface area (TPSA) is 102 Å². The maximum Gasteiger partial charge on any atom is 0.278 e. The molecule has 55 heavy (non-hydrogen) atoms. The highest BCUT2D eigenvalue weighted by molar-refractivity contribution is 7.12. The Morgan fingerprint density at radius 2 is 1.18 bits per heavy atom. The van der Waals surface area contributed by atoms with Gasteiger partial charge in [0, 0.05) is 55.2 Å². The first-order chi connectivity index (χ1) is 26.9. The number of halogens is 2. The number of thiazole rings is 2. The molecule has 0 fully saturated rings. The molecule has 8 nitrogen and oxygen atoms in total. The van der Waals surface area contributed by atoms with E-state index in [-0.39, 0.29) is 11.3 Å². The highest BCUT2D eigenvalue weighted by Crippen LogP contribution is 2.41. The molecule has 0 aliphatic carbocycles. The van der Waals surface area contributed by atoms with Gasteiger partial charge in [-0.2, -0.15) is 9.78 Å². The van der Waals surface area contributed by atoms with Crippen LogP contribution in [0.2, 0.25) is 10.0 Å². The molecule has 268 valence electrons. The average molecular weight is 796 g/mol. The molecule has 12 heteroatoms. The monoisotopic (exact) mass is 794 g/mol. The molecular weight excluding hydrogens is 768 g/mol. The molecule has 4 heterocycles. The summed E-state index contributed by atoms with van der Waals surface area (Å²) in [5.74, 6) is -0.526. The van der Waals surface area contributed by atoms with Crippen LogP contribution in [0.25, 0.3) is 55.3 Å². The van der Waals surface area contributed by atoms with Gasteiger partial charge in [0.25, 0.3) is 5.56 Å². The molecule has 0 spiro atoms. The molecule has 0 bridgehead atoms. The zero-order valence-electron chi connectivity index (χ0n) is 28.7. The molecule has 1 atom stereocenters. The van der Waals surface area contributed by atoms with E-state index in [4.69, 9.17) is 38.3 Å². The lowest BCUT2D eigenvalue weighted by molar-refractivity contribution is 0.475. The van der Waals surface area contributed by atoms with Gasteiger partial charge in [0.05, 0.1) is 28.3 Å². The number of nitrogens with one attached hydrogen (secondary N) is 1. The lowest BCUT2D eigenvalue weighted by Crippen LogP contribution is -2.20.